The molecule has 1 N–H and O–H groups in total. The van der Waals surface area contributed by atoms with Crippen molar-refractivity contribution < 1.29 is 4.79 Å². The molecule has 0 amide bonds. The Hall–Kier alpha value is -1.34. The molecule has 94 valence electrons. The second kappa shape index (κ2) is 5.53. The number of nitrogens with zero attached hydrogens (tertiary/aromatic N) is 2. The Bertz CT molecular complexity index is 618. The Labute approximate surface area is 116 Å². The molecule has 0 unspecified atom stereocenters. The van der Waals surface area contributed by atoms with Gasteiger partial charge in [0.2, 0.25) is 0 Å². The number of nitrogens with one attached hydrogen (secondary N) is 1. The van der Waals surface area contributed by atoms with Crippen molar-refractivity contribution in [2.45, 2.75) is 5.16 Å². The van der Waals surface area contributed by atoms with Crippen molar-refractivity contribution in [3.63, 3.8) is 0 Å². The summed E-state index contributed by atoms with van der Waals surface area (Å²) in [6, 6.07) is 7.16. The van der Waals surface area contributed by atoms with Crippen LogP contribution in [0.25, 0.3) is 0 Å². The van der Waals surface area contributed by atoms with Crippen molar-refractivity contribution in [1.29, 1.82) is 0 Å². The van der Waals surface area contributed by atoms with Gasteiger partial charge >= 0.3 is 5.69 Å². The van der Waals surface area contributed by atoms with Gasteiger partial charge in [-0.15, -0.1) is 5.10 Å². The van der Waals surface area contributed by atoms with Crippen LogP contribution in [0.3, 0.4) is 0 Å². The maximum atomic E-state index is 11.9. The first-order valence-electron chi connectivity index (χ1n) is 5.11. The summed E-state index contributed by atoms with van der Waals surface area (Å²) < 4.78 is 2.31. The van der Waals surface area contributed by atoms with Gasteiger partial charge in [0.15, 0.2) is 10.9 Å². The van der Waals surface area contributed by atoms with Gasteiger partial charge in [-0.1, -0.05) is 39.8 Å². The zero-order valence-corrected chi connectivity index (χ0v) is 11.9. The molecular formula is C11H10BrN3O2S. The first-order chi connectivity index (χ1) is 8.58. The summed E-state index contributed by atoms with van der Waals surface area (Å²) >= 11 is 4.55. The molecule has 18 heavy (non-hydrogen) atoms. The van der Waals surface area contributed by atoms with Crippen molar-refractivity contribution in [1.82, 2.24) is 14.8 Å². The molecule has 2 rings (SSSR count). The average molecular weight is 328 g/mol. The lowest BCUT2D eigenvalue weighted by atomic mass is 10.2. The monoisotopic (exact) mass is 327 g/mol. The van der Waals surface area contributed by atoms with Gasteiger partial charge in [-0.2, -0.15) is 0 Å². The van der Waals surface area contributed by atoms with Crippen LogP contribution < -0.4 is 5.69 Å². The lowest BCUT2D eigenvalue weighted by Gasteiger charge is -2.00. The summed E-state index contributed by atoms with van der Waals surface area (Å²) in [6.45, 7) is 0. The van der Waals surface area contributed by atoms with E-state index in [1.807, 2.05) is 12.1 Å². The van der Waals surface area contributed by atoms with Crippen molar-refractivity contribution in [3.8, 4) is 0 Å². The van der Waals surface area contributed by atoms with Crippen LogP contribution in [0.4, 0.5) is 0 Å². The third-order valence-corrected chi connectivity index (χ3v) is 3.90. The molecule has 0 radical (unpaired) electrons. The normalized spacial score (nSPS) is 10.6. The molecule has 1 aromatic carbocycles. The van der Waals surface area contributed by atoms with Crippen molar-refractivity contribution in [3.05, 3.63) is 44.8 Å². The SMILES string of the molecule is Cn1c(SCC(=O)c2ccc(Br)cc2)n[nH]c1=O. The molecular weight excluding hydrogens is 318 g/mol. The highest BCUT2D eigenvalue weighted by atomic mass is 79.9. The molecule has 0 saturated heterocycles. The van der Waals surface area contributed by atoms with Crippen molar-refractivity contribution in [2.75, 3.05) is 5.75 Å². The Kier molecular flexibility index (Phi) is 4.03. The number of benzene rings is 1. The quantitative estimate of drug-likeness (QED) is 0.687. The summed E-state index contributed by atoms with van der Waals surface area (Å²) in [6.07, 6.45) is 0. The van der Waals surface area contributed by atoms with Crippen LogP contribution in [0.15, 0.2) is 38.7 Å². The largest absolute Gasteiger partial charge is 0.343 e. The standard InChI is InChI=1S/C11H10BrN3O2S/c1-15-10(17)13-14-11(15)18-6-9(16)7-2-4-8(12)5-3-7/h2-5H,6H2,1H3,(H,13,17). The van der Waals surface area contributed by atoms with E-state index < -0.39 is 0 Å². The molecule has 0 bridgehead atoms. The van der Waals surface area contributed by atoms with Gasteiger partial charge in [-0.05, 0) is 12.1 Å². The molecule has 0 atom stereocenters. The van der Waals surface area contributed by atoms with Gasteiger partial charge in [0.25, 0.3) is 0 Å². The van der Waals surface area contributed by atoms with Crippen LogP contribution >= 0.6 is 27.7 Å². The number of H-pyrrole nitrogens is 1. The minimum atomic E-state index is -0.284. The predicted molar refractivity (Wildman–Crippen MR) is 73.0 cm³/mol. The minimum absolute atomic E-state index is 0.00273. The van der Waals surface area contributed by atoms with E-state index in [2.05, 4.69) is 26.1 Å². The summed E-state index contributed by atoms with van der Waals surface area (Å²) in [5.74, 6) is 0.252. The first-order valence-corrected chi connectivity index (χ1v) is 6.89. The van der Waals surface area contributed by atoms with Gasteiger partial charge in [-0.3, -0.25) is 9.36 Å². The lowest BCUT2D eigenvalue weighted by Crippen LogP contribution is -2.13. The third-order valence-electron chi connectivity index (χ3n) is 2.34. The van der Waals surface area contributed by atoms with E-state index in [0.717, 1.165) is 4.47 Å². The van der Waals surface area contributed by atoms with Gasteiger partial charge < -0.3 is 0 Å². The van der Waals surface area contributed by atoms with Crippen LogP contribution in [0.5, 0.6) is 0 Å². The number of carbonyl (C=O) groups is 1. The van der Waals surface area contributed by atoms with Crippen LogP contribution in [-0.4, -0.2) is 26.3 Å². The molecule has 1 aromatic heterocycles. The predicted octanol–water partition coefficient (Wildman–Crippen LogP) is 1.85. The highest BCUT2D eigenvalue weighted by Crippen LogP contribution is 2.16. The van der Waals surface area contributed by atoms with Crippen molar-refractivity contribution in [2.24, 2.45) is 7.05 Å². The summed E-state index contributed by atoms with van der Waals surface area (Å²) in [7, 11) is 1.61. The summed E-state index contributed by atoms with van der Waals surface area (Å²) in [4.78, 5) is 23.0. The number of halogens is 1. The van der Waals surface area contributed by atoms with Gasteiger partial charge in [-0.25, -0.2) is 9.89 Å². The average Bonchev–Trinajstić information content (AvgIpc) is 2.68. The first kappa shape index (κ1) is 13.1. The zero-order chi connectivity index (χ0) is 13.1. The van der Waals surface area contributed by atoms with E-state index in [1.54, 1.807) is 19.2 Å². The van der Waals surface area contributed by atoms with Gasteiger partial charge in [0, 0.05) is 17.1 Å². The number of ketones is 1. The molecule has 0 aliphatic heterocycles. The second-order valence-corrected chi connectivity index (χ2v) is 5.45. The van der Waals surface area contributed by atoms with E-state index in [9.17, 15) is 9.59 Å². The number of aromatic amines is 1. The zero-order valence-electron chi connectivity index (χ0n) is 9.51. The summed E-state index contributed by atoms with van der Waals surface area (Å²) in [5.41, 5.74) is 0.361. The van der Waals surface area contributed by atoms with E-state index in [0.29, 0.717) is 10.7 Å². The maximum Gasteiger partial charge on any atom is 0.343 e. The molecule has 2 aromatic rings. The molecule has 0 saturated carbocycles. The topological polar surface area (TPSA) is 67.8 Å². The number of carbonyl (C=O) groups excluding carboxylic acids is 1. The minimum Gasteiger partial charge on any atom is -0.293 e. The fourth-order valence-corrected chi connectivity index (χ4v) is 2.39. The number of aromatic nitrogens is 3. The molecule has 1 heterocycles. The number of Topliss-reactive ketones (excluding diaryl/α,β-unsaturated/α-hetero) is 1. The number of rotatable bonds is 4. The third kappa shape index (κ3) is 2.91. The van der Waals surface area contributed by atoms with Crippen LogP contribution in [0.2, 0.25) is 0 Å². The highest BCUT2D eigenvalue weighted by Gasteiger charge is 2.10. The molecule has 0 fully saturated rings. The van der Waals surface area contributed by atoms with E-state index in [1.165, 1.54) is 16.3 Å². The Morgan fingerprint density at radius 1 is 1.44 bits per heavy atom. The number of hydrogen-bond donors (Lipinski definition) is 1. The van der Waals surface area contributed by atoms with Gasteiger partial charge in [0.1, 0.15) is 0 Å². The van der Waals surface area contributed by atoms with Crippen LogP contribution in [-0.2, 0) is 7.05 Å². The Morgan fingerprint density at radius 2 is 2.11 bits per heavy atom. The lowest BCUT2D eigenvalue weighted by molar-refractivity contribution is 0.102. The van der Waals surface area contributed by atoms with E-state index in [4.69, 9.17) is 0 Å². The fraction of sp³-hybridized carbons (Fsp3) is 0.182. The number of thioether (sulfide) groups is 1. The number of hydrogen-bond acceptors (Lipinski definition) is 4. The Balaban J connectivity index is 2.02. The van der Waals surface area contributed by atoms with Gasteiger partial charge in [0.05, 0.1) is 5.75 Å². The summed E-state index contributed by atoms with van der Waals surface area (Å²) in [5, 5.41) is 6.66. The maximum absolute atomic E-state index is 11.9. The molecule has 0 aliphatic rings. The van der Waals surface area contributed by atoms with Crippen LogP contribution in [0.1, 0.15) is 10.4 Å². The van der Waals surface area contributed by atoms with E-state index >= 15 is 0 Å². The van der Waals surface area contributed by atoms with Crippen molar-refractivity contribution >= 4 is 33.5 Å². The Morgan fingerprint density at radius 3 is 2.67 bits per heavy atom. The molecule has 0 spiro atoms. The second-order valence-electron chi connectivity index (χ2n) is 3.59. The molecule has 5 nitrogen and oxygen atoms in total. The van der Waals surface area contributed by atoms with E-state index in [-0.39, 0.29) is 17.2 Å². The fourth-order valence-electron chi connectivity index (χ4n) is 1.31. The smallest absolute Gasteiger partial charge is 0.293 e. The van der Waals surface area contributed by atoms with Crippen LogP contribution in [0, 0.1) is 0 Å². The molecule has 7 heteroatoms. The molecule has 0 aliphatic carbocycles. The highest BCUT2D eigenvalue weighted by molar-refractivity contribution is 9.10.